The molecule has 2 N–H and O–H groups in total. The average Bonchev–Trinajstić information content (AvgIpc) is 2.51. The van der Waals surface area contributed by atoms with Crippen LogP contribution < -0.4 is 10.6 Å². The molecule has 1 saturated heterocycles. The van der Waals surface area contributed by atoms with E-state index < -0.39 is 5.60 Å². The van der Waals surface area contributed by atoms with Crippen LogP contribution in [0.25, 0.3) is 0 Å². The lowest BCUT2D eigenvalue weighted by atomic mass is 10.0. The van der Waals surface area contributed by atoms with Gasteiger partial charge in [0.1, 0.15) is 5.60 Å². The predicted molar refractivity (Wildman–Crippen MR) is 96.4 cm³/mol. The second-order valence-electron chi connectivity index (χ2n) is 6.96. The van der Waals surface area contributed by atoms with Crippen molar-refractivity contribution in [2.75, 3.05) is 39.9 Å². The molecule has 1 unspecified atom stereocenters. The zero-order valence-corrected chi connectivity index (χ0v) is 15.9. The van der Waals surface area contributed by atoms with Gasteiger partial charge in [-0.2, -0.15) is 0 Å². The molecule has 1 aliphatic rings. The van der Waals surface area contributed by atoms with Crippen LogP contribution in [-0.4, -0.2) is 68.5 Å². The predicted octanol–water partition coefficient (Wildman–Crippen LogP) is 1.98. The molecule has 1 aliphatic heterocycles. The molecule has 0 spiro atoms. The number of hydrogen-bond acceptors (Lipinski definition) is 4. The molecule has 0 bridgehead atoms. The monoisotopic (exact) mass is 342 g/mol. The van der Waals surface area contributed by atoms with E-state index in [2.05, 4.69) is 15.6 Å². The molecular formula is C17H34N4O3. The highest BCUT2D eigenvalue weighted by Gasteiger charge is 2.30. The summed E-state index contributed by atoms with van der Waals surface area (Å²) in [4.78, 5) is 18.9. The smallest absolute Gasteiger partial charge is 0.410 e. The van der Waals surface area contributed by atoms with Gasteiger partial charge in [0.05, 0.1) is 19.2 Å². The molecule has 0 aromatic heterocycles. The van der Waals surface area contributed by atoms with Crippen LogP contribution >= 0.6 is 0 Å². The first kappa shape index (κ1) is 20.5. The van der Waals surface area contributed by atoms with Crippen LogP contribution in [0.2, 0.25) is 0 Å². The normalized spacial score (nSPS) is 19.1. The summed E-state index contributed by atoms with van der Waals surface area (Å²) < 4.78 is 10.6. The molecule has 0 saturated carbocycles. The fourth-order valence-corrected chi connectivity index (χ4v) is 2.56. The highest BCUT2D eigenvalue weighted by atomic mass is 16.6. The van der Waals surface area contributed by atoms with Crippen molar-refractivity contribution in [3.8, 4) is 0 Å². The number of hydrogen-bond donors (Lipinski definition) is 2. The third-order valence-corrected chi connectivity index (χ3v) is 3.66. The van der Waals surface area contributed by atoms with Gasteiger partial charge in [0.15, 0.2) is 5.96 Å². The Hall–Kier alpha value is -1.50. The highest BCUT2D eigenvalue weighted by Crippen LogP contribution is 2.20. The summed E-state index contributed by atoms with van der Waals surface area (Å²) in [5, 5.41) is 6.43. The van der Waals surface area contributed by atoms with Gasteiger partial charge in [-0.25, -0.2) is 4.79 Å². The van der Waals surface area contributed by atoms with Crippen molar-refractivity contribution in [1.82, 2.24) is 15.5 Å². The van der Waals surface area contributed by atoms with Crippen molar-refractivity contribution in [1.29, 1.82) is 0 Å². The number of aliphatic imine (C=N–C) groups is 1. The van der Waals surface area contributed by atoms with Gasteiger partial charge in [0.25, 0.3) is 0 Å². The van der Waals surface area contributed by atoms with Crippen LogP contribution in [0.3, 0.4) is 0 Å². The molecule has 24 heavy (non-hydrogen) atoms. The Morgan fingerprint density at radius 2 is 2.04 bits per heavy atom. The Morgan fingerprint density at radius 1 is 1.29 bits per heavy atom. The lowest BCUT2D eigenvalue weighted by Crippen LogP contribution is -2.48. The summed E-state index contributed by atoms with van der Waals surface area (Å²) >= 11 is 0. The number of methoxy groups -OCH3 is 1. The molecule has 0 aromatic rings. The fourth-order valence-electron chi connectivity index (χ4n) is 2.56. The molecule has 0 radical (unpaired) electrons. The second-order valence-corrected chi connectivity index (χ2v) is 6.96. The minimum atomic E-state index is -0.473. The Morgan fingerprint density at radius 3 is 2.67 bits per heavy atom. The van der Waals surface area contributed by atoms with Crippen molar-refractivity contribution >= 4 is 12.1 Å². The van der Waals surface area contributed by atoms with E-state index in [1.54, 1.807) is 7.11 Å². The van der Waals surface area contributed by atoms with Gasteiger partial charge in [-0.15, -0.1) is 0 Å². The van der Waals surface area contributed by atoms with Crippen LogP contribution in [0.1, 0.15) is 47.0 Å². The summed E-state index contributed by atoms with van der Waals surface area (Å²) in [5.41, 5.74) is -0.473. The second kappa shape index (κ2) is 10.4. The molecule has 140 valence electrons. The molecule has 7 heteroatoms. The quantitative estimate of drug-likeness (QED) is 0.438. The number of guanidine groups is 1. The standard InChI is InChI=1S/C17H34N4O3/c1-6-18-15(19-10-12-23-5)20-13-14-9-7-8-11-21(14)16(22)24-17(2,3)4/h14H,6-13H2,1-5H3,(H2,18,19,20). The van der Waals surface area contributed by atoms with E-state index in [-0.39, 0.29) is 12.1 Å². The Bertz CT molecular complexity index is 407. The van der Waals surface area contributed by atoms with Gasteiger partial charge >= 0.3 is 6.09 Å². The first-order valence-corrected chi connectivity index (χ1v) is 8.88. The number of rotatable bonds is 6. The lowest BCUT2D eigenvalue weighted by molar-refractivity contribution is 0.0110. The molecule has 7 nitrogen and oxygen atoms in total. The minimum absolute atomic E-state index is 0.0893. The SMILES string of the molecule is CCNC(=NCC1CCCCN1C(=O)OC(C)(C)C)NCCOC. The van der Waals surface area contributed by atoms with Gasteiger partial charge in [-0.3, -0.25) is 4.99 Å². The third-order valence-electron chi connectivity index (χ3n) is 3.66. The van der Waals surface area contributed by atoms with Crippen molar-refractivity contribution in [3.05, 3.63) is 0 Å². The van der Waals surface area contributed by atoms with Crippen LogP contribution in [-0.2, 0) is 9.47 Å². The third kappa shape index (κ3) is 7.86. The maximum atomic E-state index is 12.4. The maximum absolute atomic E-state index is 12.4. The van der Waals surface area contributed by atoms with Crippen LogP contribution in [0.5, 0.6) is 0 Å². The maximum Gasteiger partial charge on any atom is 0.410 e. The Kier molecular flexibility index (Phi) is 8.89. The minimum Gasteiger partial charge on any atom is -0.444 e. The largest absolute Gasteiger partial charge is 0.444 e. The highest BCUT2D eigenvalue weighted by molar-refractivity contribution is 5.79. The van der Waals surface area contributed by atoms with E-state index in [9.17, 15) is 4.79 Å². The van der Waals surface area contributed by atoms with E-state index in [0.717, 1.165) is 38.3 Å². The van der Waals surface area contributed by atoms with Crippen molar-refractivity contribution in [3.63, 3.8) is 0 Å². The molecular weight excluding hydrogens is 308 g/mol. The van der Waals surface area contributed by atoms with Crippen molar-refractivity contribution < 1.29 is 14.3 Å². The topological polar surface area (TPSA) is 75.2 Å². The number of ether oxygens (including phenoxy) is 2. The van der Waals surface area contributed by atoms with Gasteiger partial charge in [-0.1, -0.05) is 0 Å². The number of carbonyl (C=O) groups is 1. The van der Waals surface area contributed by atoms with Gasteiger partial charge < -0.3 is 25.0 Å². The van der Waals surface area contributed by atoms with Gasteiger partial charge in [0, 0.05) is 26.7 Å². The molecule has 1 amide bonds. The number of piperidine rings is 1. The van der Waals surface area contributed by atoms with Gasteiger partial charge in [0.2, 0.25) is 0 Å². The summed E-state index contributed by atoms with van der Waals surface area (Å²) in [5.74, 6) is 0.754. The number of nitrogens with zero attached hydrogens (tertiary/aromatic N) is 2. The molecule has 0 aliphatic carbocycles. The molecule has 0 aromatic carbocycles. The molecule has 1 heterocycles. The lowest BCUT2D eigenvalue weighted by Gasteiger charge is -2.36. The Balaban J connectivity index is 2.65. The average molecular weight is 342 g/mol. The zero-order valence-electron chi connectivity index (χ0n) is 15.9. The van der Waals surface area contributed by atoms with Gasteiger partial charge in [-0.05, 0) is 47.0 Å². The molecule has 1 atom stereocenters. The van der Waals surface area contributed by atoms with Crippen LogP contribution in [0.15, 0.2) is 4.99 Å². The van der Waals surface area contributed by atoms with Crippen molar-refractivity contribution in [2.45, 2.75) is 58.6 Å². The summed E-state index contributed by atoms with van der Waals surface area (Å²) in [6.45, 7) is 11.1. The van der Waals surface area contributed by atoms with Crippen molar-refractivity contribution in [2.24, 2.45) is 4.99 Å². The van der Waals surface area contributed by atoms with Crippen LogP contribution in [0.4, 0.5) is 4.79 Å². The van der Waals surface area contributed by atoms with E-state index in [1.807, 2.05) is 32.6 Å². The zero-order chi connectivity index (χ0) is 18.0. The summed E-state index contributed by atoms with van der Waals surface area (Å²) in [6.07, 6.45) is 2.86. The number of likely N-dealkylation sites (tertiary alicyclic amines) is 1. The van der Waals surface area contributed by atoms with E-state index in [4.69, 9.17) is 9.47 Å². The summed E-state index contributed by atoms with van der Waals surface area (Å²) in [6, 6.07) is 0.0893. The Labute approximate surface area is 146 Å². The molecule has 1 rings (SSSR count). The summed E-state index contributed by atoms with van der Waals surface area (Å²) in [7, 11) is 1.67. The first-order valence-electron chi connectivity index (χ1n) is 8.88. The first-order chi connectivity index (χ1) is 11.4. The van der Waals surface area contributed by atoms with E-state index in [0.29, 0.717) is 19.7 Å². The van der Waals surface area contributed by atoms with E-state index in [1.165, 1.54) is 0 Å². The van der Waals surface area contributed by atoms with E-state index >= 15 is 0 Å². The number of nitrogens with one attached hydrogen (secondary N) is 2. The number of amides is 1. The fraction of sp³-hybridized carbons (Fsp3) is 0.882. The molecule has 1 fully saturated rings. The number of carbonyl (C=O) groups excluding carboxylic acids is 1. The van der Waals surface area contributed by atoms with Crippen LogP contribution in [0, 0.1) is 0 Å².